The number of esters is 1. The summed E-state index contributed by atoms with van der Waals surface area (Å²) in [5.41, 5.74) is 0.00906. The first kappa shape index (κ1) is 20.9. The van der Waals surface area contributed by atoms with Gasteiger partial charge >= 0.3 is 5.97 Å². The van der Waals surface area contributed by atoms with Crippen LogP contribution in [0.5, 0.6) is 0 Å². The van der Waals surface area contributed by atoms with Gasteiger partial charge in [-0.15, -0.1) is 0 Å². The number of benzene rings is 1. The molecule has 136 valence electrons. The zero-order chi connectivity index (χ0) is 18.8. The molecular weight excluding hydrogens is 320 g/mol. The lowest BCUT2D eigenvalue weighted by Gasteiger charge is -2.40. The summed E-state index contributed by atoms with van der Waals surface area (Å²) < 4.78 is 11.7. The maximum absolute atomic E-state index is 12.7. The molecule has 0 aliphatic rings. The molecule has 0 aliphatic carbocycles. The van der Waals surface area contributed by atoms with Crippen LogP contribution in [0.3, 0.4) is 0 Å². The van der Waals surface area contributed by atoms with E-state index in [1.807, 2.05) is 39.0 Å². The van der Waals surface area contributed by atoms with E-state index >= 15 is 0 Å². The molecule has 0 aliphatic heterocycles. The summed E-state index contributed by atoms with van der Waals surface area (Å²) in [4.78, 5) is 12.7. The van der Waals surface area contributed by atoms with Crippen molar-refractivity contribution in [3.8, 4) is 0 Å². The van der Waals surface area contributed by atoms with E-state index in [4.69, 9.17) is 9.16 Å². The van der Waals surface area contributed by atoms with Crippen molar-refractivity contribution in [3.63, 3.8) is 0 Å². The van der Waals surface area contributed by atoms with Gasteiger partial charge in [0.15, 0.2) is 14.4 Å². The van der Waals surface area contributed by atoms with Crippen LogP contribution in [0.1, 0.15) is 53.2 Å². The molecule has 1 rings (SSSR count). The lowest BCUT2D eigenvalue weighted by Crippen LogP contribution is -2.49. The maximum Gasteiger partial charge on any atom is 0.337 e. The minimum absolute atomic E-state index is 0.0797. The number of carbonyl (C=O) groups is 1. The Hall–Kier alpha value is -1.17. The lowest BCUT2D eigenvalue weighted by atomic mass is 10.0. The molecular formula is C19H32O4Si. The Balaban J connectivity index is 3.15. The van der Waals surface area contributed by atoms with Crippen molar-refractivity contribution < 1.29 is 19.1 Å². The Labute approximate surface area is 147 Å². The second-order valence-corrected chi connectivity index (χ2v) is 13.4. The minimum Gasteiger partial charge on any atom is -0.458 e. The highest BCUT2D eigenvalue weighted by atomic mass is 28.4. The van der Waals surface area contributed by atoms with Crippen molar-refractivity contribution in [2.45, 2.75) is 77.5 Å². The lowest BCUT2D eigenvalue weighted by molar-refractivity contribution is -0.170. The number of rotatable bonds is 5. The quantitative estimate of drug-likeness (QED) is 0.628. The average molecular weight is 353 g/mol. The van der Waals surface area contributed by atoms with Crippen LogP contribution in [0.25, 0.3) is 0 Å². The van der Waals surface area contributed by atoms with Crippen LogP contribution >= 0.6 is 0 Å². The van der Waals surface area contributed by atoms with E-state index in [0.29, 0.717) is 5.56 Å². The van der Waals surface area contributed by atoms with Gasteiger partial charge in [0.1, 0.15) is 11.7 Å². The Bertz CT molecular complexity index is 541. The van der Waals surface area contributed by atoms with Crippen LogP contribution in [0.4, 0.5) is 0 Å². The SMILES string of the molecule is CC(C)(C)OC(=O)C(O[Si](C)(C)C(C)(C)C)C(O)c1ccccc1. The highest BCUT2D eigenvalue weighted by Crippen LogP contribution is 2.39. The van der Waals surface area contributed by atoms with E-state index in [2.05, 4.69) is 33.9 Å². The smallest absolute Gasteiger partial charge is 0.337 e. The van der Waals surface area contributed by atoms with E-state index < -0.39 is 32.1 Å². The topological polar surface area (TPSA) is 55.8 Å². The van der Waals surface area contributed by atoms with Gasteiger partial charge in [0.05, 0.1) is 0 Å². The Morgan fingerprint density at radius 2 is 1.54 bits per heavy atom. The van der Waals surface area contributed by atoms with Gasteiger partial charge in [0.25, 0.3) is 0 Å². The monoisotopic (exact) mass is 352 g/mol. The third-order valence-corrected chi connectivity index (χ3v) is 8.75. The highest BCUT2D eigenvalue weighted by molar-refractivity contribution is 6.74. The van der Waals surface area contributed by atoms with Gasteiger partial charge in [-0.1, -0.05) is 51.1 Å². The summed E-state index contributed by atoms with van der Waals surface area (Å²) in [6.45, 7) is 15.8. The number of ether oxygens (including phenoxy) is 1. The molecule has 24 heavy (non-hydrogen) atoms. The molecule has 2 atom stereocenters. The fourth-order valence-electron chi connectivity index (χ4n) is 1.92. The Morgan fingerprint density at radius 1 is 1.04 bits per heavy atom. The molecule has 2 unspecified atom stereocenters. The summed E-state index contributed by atoms with van der Waals surface area (Å²) in [7, 11) is -2.26. The maximum atomic E-state index is 12.7. The molecule has 0 saturated carbocycles. The molecule has 0 bridgehead atoms. The number of hydrogen-bond donors (Lipinski definition) is 1. The normalized spacial score (nSPS) is 15.7. The van der Waals surface area contributed by atoms with Crippen LogP contribution < -0.4 is 0 Å². The zero-order valence-electron chi connectivity index (χ0n) is 16.2. The van der Waals surface area contributed by atoms with Crippen molar-refractivity contribution in [2.75, 3.05) is 0 Å². The fraction of sp³-hybridized carbons (Fsp3) is 0.632. The molecule has 0 radical (unpaired) electrons. The second kappa shape index (κ2) is 7.38. The van der Waals surface area contributed by atoms with Gasteiger partial charge < -0.3 is 14.3 Å². The third kappa shape index (κ3) is 5.72. The summed E-state index contributed by atoms with van der Waals surface area (Å²) in [6, 6.07) is 9.11. The van der Waals surface area contributed by atoms with E-state index in [9.17, 15) is 9.90 Å². The molecule has 1 aromatic rings. The van der Waals surface area contributed by atoms with Gasteiger partial charge in [0, 0.05) is 0 Å². The predicted octanol–water partition coefficient (Wildman–Crippen LogP) is 4.45. The van der Waals surface area contributed by atoms with E-state index in [0.717, 1.165) is 0 Å². The van der Waals surface area contributed by atoms with Crippen LogP contribution in [0.15, 0.2) is 30.3 Å². The first-order valence-electron chi connectivity index (χ1n) is 8.38. The molecule has 0 aromatic heterocycles. The zero-order valence-corrected chi connectivity index (χ0v) is 17.2. The third-order valence-electron chi connectivity index (χ3n) is 4.29. The van der Waals surface area contributed by atoms with Gasteiger partial charge in [-0.05, 0) is 44.5 Å². The minimum atomic E-state index is -2.26. The van der Waals surface area contributed by atoms with Crippen molar-refractivity contribution in [3.05, 3.63) is 35.9 Å². The number of carbonyl (C=O) groups excluding carboxylic acids is 1. The second-order valence-electron chi connectivity index (χ2n) is 8.69. The molecule has 0 amide bonds. The number of aliphatic hydroxyl groups is 1. The van der Waals surface area contributed by atoms with E-state index in [-0.39, 0.29) is 5.04 Å². The molecule has 1 N–H and O–H groups in total. The van der Waals surface area contributed by atoms with Crippen LogP contribution in [-0.2, 0) is 14.0 Å². The Kier molecular flexibility index (Phi) is 6.41. The highest BCUT2D eigenvalue weighted by Gasteiger charge is 2.44. The summed E-state index contributed by atoms with van der Waals surface area (Å²) in [5.74, 6) is -0.524. The average Bonchev–Trinajstić information content (AvgIpc) is 2.42. The summed E-state index contributed by atoms with van der Waals surface area (Å²) in [6.07, 6.45) is -2.09. The molecule has 5 heteroatoms. The molecule has 0 fully saturated rings. The standard InChI is InChI=1S/C19H32O4Si/c1-18(2,3)22-17(21)16(23-24(7,8)19(4,5)6)15(20)14-12-10-9-11-13-14/h9-13,15-16,20H,1-8H3. The molecule has 0 heterocycles. The summed E-state index contributed by atoms with van der Waals surface area (Å²) >= 11 is 0. The van der Waals surface area contributed by atoms with Crippen molar-refractivity contribution in [2.24, 2.45) is 0 Å². The molecule has 4 nitrogen and oxygen atoms in total. The largest absolute Gasteiger partial charge is 0.458 e. The number of aliphatic hydroxyl groups excluding tert-OH is 1. The summed E-state index contributed by atoms with van der Waals surface area (Å²) in [5, 5.41) is 10.7. The van der Waals surface area contributed by atoms with Gasteiger partial charge in [-0.2, -0.15) is 0 Å². The predicted molar refractivity (Wildman–Crippen MR) is 99.3 cm³/mol. The van der Waals surface area contributed by atoms with Crippen LogP contribution in [-0.4, -0.2) is 31.1 Å². The van der Waals surface area contributed by atoms with Crippen LogP contribution in [0.2, 0.25) is 18.1 Å². The van der Waals surface area contributed by atoms with Crippen molar-refractivity contribution >= 4 is 14.3 Å². The van der Waals surface area contributed by atoms with Crippen LogP contribution in [0, 0.1) is 0 Å². The van der Waals surface area contributed by atoms with E-state index in [1.54, 1.807) is 12.1 Å². The Morgan fingerprint density at radius 3 is 1.96 bits per heavy atom. The first-order valence-corrected chi connectivity index (χ1v) is 11.3. The molecule has 0 spiro atoms. The number of hydrogen-bond acceptors (Lipinski definition) is 4. The van der Waals surface area contributed by atoms with Crippen molar-refractivity contribution in [1.82, 2.24) is 0 Å². The van der Waals surface area contributed by atoms with Gasteiger partial charge in [-0.25, -0.2) is 4.79 Å². The fourth-order valence-corrected chi connectivity index (χ4v) is 3.13. The molecule has 0 saturated heterocycles. The van der Waals surface area contributed by atoms with Gasteiger partial charge in [-0.3, -0.25) is 0 Å². The van der Waals surface area contributed by atoms with Gasteiger partial charge in [0.2, 0.25) is 0 Å². The van der Waals surface area contributed by atoms with Crippen molar-refractivity contribution in [1.29, 1.82) is 0 Å². The molecule has 1 aromatic carbocycles. The van der Waals surface area contributed by atoms with E-state index in [1.165, 1.54) is 0 Å². The first-order chi connectivity index (χ1) is 10.7.